The number of carbonyl (C=O) groups excluding carboxylic acids is 3. The predicted molar refractivity (Wildman–Crippen MR) is 128 cm³/mol. The normalized spacial score (nSPS) is 13.8. The second-order valence-corrected chi connectivity index (χ2v) is 11.1. The number of para-hydroxylation sites is 1. The van der Waals surface area contributed by atoms with Crippen LogP contribution in [0, 0.1) is 6.92 Å². The maximum atomic E-state index is 12.7. The van der Waals surface area contributed by atoms with Crippen LogP contribution in [0.5, 0.6) is 0 Å². The van der Waals surface area contributed by atoms with Crippen molar-refractivity contribution in [2.24, 2.45) is 4.99 Å². The summed E-state index contributed by atoms with van der Waals surface area (Å²) in [6.45, 7) is 2.14. The zero-order valence-corrected chi connectivity index (χ0v) is 20.3. The van der Waals surface area contributed by atoms with Crippen LogP contribution in [0.3, 0.4) is 0 Å². The maximum absolute atomic E-state index is 12.7. The van der Waals surface area contributed by atoms with Gasteiger partial charge in [-0.15, -0.1) is 0 Å². The number of esters is 1. The van der Waals surface area contributed by atoms with Gasteiger partial charge in [0.05, 0.1) is 17.3 Å². The topological polar surface area (TPSA) is 115 Å². The van der Waals surface area contributed by atoms with Crippen molar-refractivity contribution in [1.82, 2.24) is 4.57 Å². The van der Waals surface area contributed by atoms with Gasteiger partial charge >= 0.3 is 5.97 Å². The Kier molecular flexibility index (Phi) is 6.67. The molecule has 0 saturated carbocycles. The Morgan fingerprint density at radius 1 is 1.12 bits per heavy atom. The lowest BCUT2D eigenvalue weighted by molar-refractivity contribution is -0.141. The number of carbonyl (C=O) groups is 3. The molecule has 4 rings (SSSR count). The number of anilines is 1. The van der Waals surface area contributed by atoms with Gasteiger partial charge in [0.15, 0.2) is 14.6 Å². The highest BCUT2D eigenvalue weighted by molar-refractivity contribution is 7.92. The molecule has 2 amide bonds. The van der Waals surface area contributed by atoms with Gasteiger partial charge in [-0.05, 0) is 42.7 Å². The Hall–Kier alpha value is -3.31. The maximum Gasteiger partial charge on any atom is 0.325 e. The lowest BCUT2D eigenvalue weighted by Crippen LogP contribution is -2.36. The van der Waals surface area contributed by atoms with Crippen molar-refractivity contribution in [3.8, 4) is 0 Å². The van der Waals surface area contributed by atoms with E-state index in [-0.39, 0.29) is 11.3 Å². The molecule has 0 fully saturated rings. The van der Waals surface area contributed by atoms with Crippen molar-refractivity contribution in [3.05, 3.63) is 58.4 Å². The summed E-state index contributed by atoms with van der Waals surface area (Å²) in [5.74, 6) is -3.69. The number of nitrogens with zero attached hydrogens (tertiary/aromatic N) is 3. The summed E-state index contributed by atoms with van der Waals surface area (Å²) in [6.07, 6.45) is 0.655. The van der Waals surface area contributed by atoms with Crippen LogP contribution in [0.25, 0.3) is 10.2 Å². The number of thiazole rings is 1. The van der Waals surface area contributed by atoms with Crippen LogP contribution < -0.4 is 9.70 Å². The number of sulfone groups is 1. The van der Waals surface area contributed by atoms with Crippen LogP contribution >= 0.6 is 11.3 Å². The molecular formula is C23H23N3O6S2. The van der Waals surface area contributed by atoms with Crippen molar-refractivity contribution in [1.29, 1.82) is 0 Å². The summed E-state index contributed by atoms with van der Waals surface area (Å²) in [4.78, 5) is 42.7. The molecule has 0 aliphatic carbocycles. The molecule has 1 aliphatic heterocycles. The predicted octanol–water partition coefficient (Wildman–Crippen LogP) is 1.62. The smallest absolute Gasteiger partial charge is 0.325 e. The highest BCUT2D eigenvalue weighted by Gasteiger charge is 2.29. The van der Waals surface area contributed by atoms with E-state index in [2.05, 4.69) is 4.99 Å². The van der Waals surface area contributed by atoms with E-state index in [0.717, 1.165) is 15.8 Å². The van der Waals surface area contributed by atoms with Crippen LogP contribution in [0.4, 0.5) is 5.69 Å². The second-order valence-electron chi connectivity index (χ2n) is 7.98. The fourth-order valence-electron chi connectivity index (χ4n) is 3.85. The number of hydrogen-bond donors (Lipinski definition) is 0. The van der Waals surface area contributed by atoms with Crippen molar-refractivity contribution >= 4 is 54.9 Å². The fraction of sp³-hybridized carbons (Fsp3) is 0.304. The van der Waals surface area contributed by atoms with E-state index in [1.165, 1.54) is 27.9 Å². The van der Waals surface area contributed by atoms with Gasteiger partial charge < -0.3 is 14.2 Å². The first-order valence-electron chi connectivity index (χ1n) is 10.5. The largest absolute Gasteiger partial charge is 0.468 e. The minimum atomic E-state index is -4.05. The number of methoxy groups -OCH3 is 1. The van der Waals surface area contributed by atoms with Gasteiger partial charge in [-0.2, -0.15) is 4.99 Å². The zero-order valence-electron chi connectivity index (χ0n) is 18.7. The Morgan fingerprint density at radius 3 is 2.65 bits per heavy atom. The molecule has 0 bridgehead atoms. The van der Waals surface area contributed by atoms with Gasteiger partial charge in [0, 0.05) is 12.2 Å². The summed E-state index contributed by atoms with van der Waals surface area (Å²) in [7, 11) is -2.79. The van der Waals surface area contributed by atoms with Crippen molar-refractivity contribution < 1.29 is 27.5 Å². The molecule has 0 atom stereocenters. The minimum Gasteiger partial charge on any atom is -0.468 e. The molecule has 178 valence electrons. The Bertz CT molecular complexity index is 1470. The zero-order chi connectivity index (χ0) is 24.5. The first-order chi connectivity index (χ1) is 16.2. The number of fused-ring (bicyclic) bond motifs is 2. The minimum absolute atomic E-state index is 0.175. The summed E-state index contributed by atoms with van der Waals surface area (Å²) >= 11 is 1.17. The third-order valence-electron chi connectivity index (χ3n) is 5.45. The number of benzene rings is 2. The second kappa shape index (κ2) is 9.51. The number of amides is 2. The van der Waals surface area contributed by atoms with Crippen LogP contribution in [-0.2, 0) is 41.9 Å². The standard InChI is InChI=1S/C23H23N3O6S2/c1-15-7-8-18-19(11-15)33-23(26(18)12-22(29)32-2)24-20(27)13-34(30,31)14-21(28)25-10-9-16-5-3-4-6-17(16)25/h3-8,11H,9-10,12-14H2,1-2H3. The van der Waals surface area contributed by atoms with Gasteiger partial charge in [-0.1, -0.05) is 35.6 Å². The highest BCUT2D eigenvalue weighted by Crippen LogP contribution is 2.27. The molecule has 0 radical (unpaired) electrons. The Balaban J connectivity index is 1.55. The molecule has 2 heterocycles. The molecule has 11 heteroatoms. The molecule has 34 heavy (non-hydrogen) atoms. The monoisotopic (exact) mass is 501 g/mol. The van der Waals surface area contributed by atoms with Gasteiger partial charge in [0.2, 0.25) is 5.91 Å². The van der Waals surface area contributed by atoms with E-state index < -0.39 is 39.1 Å². The van der Waals surface area contributed by atoms with Gasteiger partial charge in [0.25, 0.3) is 5.91 Å². The van der Waals surface area contributed by atoms with E-state index >= 15 is 0 Å². The van der Waals surface area contributed by atoms with Crippen LogP contribution in [0.2, 0.25) is 0 Å². The summed E-state index contributed by atoms with van der Waals surface area (Å²) in [6, 6.07) is 12.9. The molecular weight excluding hydrogens is 478 g/mol. The summed E-state index contributed by atoms with van der Waals surface area (Å²) < 4.78 is 32.3. The molecule has 0 unspecified atom stereocenters. The summed E-state index contributed by atoms with van der Waals surface area (Å²) in [5, 5.41) is 0. The van der Waals surface area contributed by atoms with Crippen LogP contribution in [0.1, 0.15) is 11.1 Å². The van der Waals surface area contributed by atoms with Crippen LogP contribution in [0.15, 0.2) is 47.5 Å². The average molecular weight is 502 g/mol. The first-order valence-corrected chi connectivity index (χ1v) is 13.1. The van der Waals surface area contributed by atoms with Crippen molar-refractivity contribution in [2.45, 2.75) is 19.9 Å². The Morgan fingerprint density at radius 2 is 1.88 bits per heavy atom. The first kappa shape index (κ1) is 23.8. The number of aryl methyl sites for hydroxylation is 1. The van der Waals surface area contributed by atoms with E-state index in [9.17, 15) is 22.8 Å². The molecule has 3 aromatic rings. The number of aromatic nitrogens is 1. The van der Waals surface area contributed by atoms with Crippen LogP contribution in [-0.4, -0.2) is 55.9 Å². The molecule has 0 spiro atoms. The van der Waals surface area contributed by atoms with Gasteiger partial charge in [-0.3, -0.25) is 14.4 Å². The highest BCUT2D eigenvalue weighted by atomic mass is 32.2. The number of ether oxygens (including phenoxy) is 1. The molecule has 9 nitrogen and oxygen atoms in total. The van der Waals surface area contributed by atoms with Gasteiger partial charge in [-0.25, -0.2) is 8.42 Å². The molecule has 1 aliphatic rings. The van der Waals surface area contributed by atoms with E-state index in [1.807, 2.05) is 31.2 Å². The fourth-order valence-corrected chi connectivity index (χ4v) is 6.07. The van der Waals surface area contributed by atoms with E-state index in [1.54, 1.807) is 18.2 Å². The third kappa shape index (κ3) is 5.10. The molecule has 2 aromatic carbocycles. The third-order valence-corrected chi connectivity index (χ3v) is 7.86. The average Bonchev–Trinajstić information content (AvgIpc) is 3.34. The Labute approximate surface area is 200 Å². The van der Waals surface area contributed by atoms with Gasteiger partial charge in [0.1, 0.15) is 18.1 Å². The quantitative estimate of drug-likeness (QED) is 0.474. The van der Waals surface area contributed by atoms with E-state index in [4.69, 9.17) is 4.74 Å². The van der Waals surface area contributed by atoms with Crippen molar-refractivity contribution in [2.75, 3.05) is 30.1 Å². The summed E-state index contributed by atoms with van der Waals surface area (Å²) in [5.41, 5.74) is 3.34. The lowest BCUT2D eigenvalue weighted by Gasteiger charge is -2.17. The SMILES string of the molecule is COC(=O)Cn1c(=NC(=O)CS(=O)(=O)CC(=O)N2CCc3ccccc32)sc2cc(C)ccc21. The molecule has 0 saturated heterocycles. The van der Waals surface area contributed by atoms with Crippen molar-refractivity contribution in [3.63, 3.8) is 0 Å². The van der Waals surface area contributed by atoms with E-state index in [0.29, 0.717) is 24.2 Å². The molecule has 1 aromatic heterocycles. The number of hydrogen-bond acceptors (Lipinski definition) is 7. The number of rotatable bonds is 6. The molecule has 0 N–H and O–H groups in total. The lowest BCUT2D eigenvalue weighted by atomic mass is 10.2.